The van der Waals surface area contributed by atoms with Gasteiger partial charge >= 0.3 is 0 Å². The van der Waals surface area contributed by atoms with Crippen molar-refractivity contribution in [2.24, 2.45) is 5.92 Å². The molecule has 0 saturated heterocycles. The molecule has 0 saturated carbocycles. The fourth-order valence-corrected chi connectivity index (χ4v) is 1.82. The predicted molar refractivity (Wildman–Crippen MR) is 67.6 cm³/mol. The smallest absolute Gasteiger partial charge is 0.165 e. The quantitative estimate of drug-likeness (QED) is 0.609. The maximum Gasteiger partial charge on any atom is 0.165 e. The Bertz CT molecular complexity index is 303. The second-order valence-electron chi connectivity index (χ2n) is 3.56. The number of halogens is 1. The van der Waals surface area contributed by atoms with Gasteiger partial charge in [0.15, 0.2) is 5.78 Å². The molecule has 1 nitrogen and oxygen atoms in total. The molecule has 0 aromatic heterocycles. The van der Waals surface area contributed by atoms with Crippen molar-refractivity contribution in [2.75, 3.05) is 0 Å². The molecule has 76 valence electrons. The van der Waals surface area contributed by atoms with Gasteiger partial charge in [-0.05, 0) is 41.1 Å². The van der Waals surface area contributed by atoms with E-state index < -0.39 is 0 Å². The Hall–Kier alpha value is -0.380. The van der Waals surface area contributed by atoms with Crippen molar-refractivity contribution in [2.45, 2.75) is 26.7 Å². The summed E-state index contributed by atoms with van der Waals surface area (Å²) in [5.41, 5.74) is 0.839. The number of carbonyl (C=O) groups excluding carboxylic acids is 1. The van der Waals surface area contributed by atoms with Crippen LogP contribution in [0.15, 0.2) is 24.3 Å². The van der Waals surface area contributed by atoms with Gasteiger partial charge in [0.05, 0.1) is 0 Å². The summed E-state index contributed by atoms with van der Waals surface area (Å²) < 4.78 is 1.17. The van der Waals surface area contributed by atoms with Crippen LogP contribution in [0.1, 0.15) is 37.0 Å². The minimum absolute atomic E-state index is 0.153. The molecule has 0 aliphatic rings. The highest BCUT2D eigenvalue weighted by Gasteiger charge is 2.13. The van der Waals surface area contributed by atoms with E-state index in [1.165, 1.54) is 3.57 Å². The summed E-state index contributed by atoms with van der Waals surface area (Å²) in [4.78, 5) is 11.8. The van der Waals surface area contributed by atoms with E-state index in [1.807, 2.05) is 31.2 Å². The molecule has 1 unspecified atom stereocenters. The second-order valence-corrected chi connectivity index (χ2v) is 4.81. The first-order chi connectivity index (χ1) is 6.65. The Balaban J connectivity index is 2.74. The monoisotopic (exact) mass is 302 g/mol. The van der Waals surface area contributed by atoms with Gasteiger partial charge in [-0.1, -0.05) is 32.4 Å². The van der Waals surface area contributed by atoms with Crippen LogP contribution in [0.4, 0.5) is 0 Å². The largest absolute Gasteiger partial charge is 0.294 e. The number of carbonyl (C=O) groups is 1. The standard InChI is InChI=1S/C12H15IO/c1-3-4-9(2)12(14)10-5-7-11(13)8-6-10/h5-9H,3-4H2,1-2H3. The van der Waals surface area contributed by atoms with Gasteiger partial charge in [-0.3, -0.25) is 4.79 Å². The Morgan fingerprint density at radius 2 is 1.93 bits per heavy atom. The Labute approximate surface area is 99.0 Å². The summed E-state index contributed by atoms with van der Waals surface area (Å²) >= 11 is 2.24. The Morgan fingerprint density at radius 3 is 2.43 bits per heavy atom. The number of ketones is 1. The van der Waals surface area contributed by atoms with E-state index in [4.69, 9.17) is 0 Å². The summed E-state index contributed by atoms with van der Waals surface area (Å²) in [6.07, 6.45) is 2.04. The zero-order chi connectivity index (χ0) is 10.6. The maximum atomic E-state index is 11.8. The summed E-state index contributed by atoms with van der Waals surface area (Å²) in [7, 11) is 0. The number of Topliss-reactive ketones (excluding diaryl/α,β-unsaturated/α-hetero) is 1. The van der Waals surface area contributed by atoms with E-state index in [0.29, 0.717) is 0 Å². The van der Waals surface area contributed by atoms with Crippen LogP contribution in [0.2, 0.25) is 0 Å². The van der Waals surface area contributed by atoms with Gasteiger partial charge < -0.3 is 0 Å². The molecule has 0 spiro atoms. The van der Waals surface area contributed by atoms with Crippen LogP contribution in [-0.4, -0.2) is 5.78 Å². The van der Waals surface area contributed by atoms with Crippen LogP contribution < -0.4 is 0 Å². The summed E-state index contributed by atoms with van der Waals surface area (Å²) in [6, 6.07) is 7.78. The molecule has 0 fully saturated rings. The molecule has 1 rings (SSSR count). The van der Waals surface area contributed by atoms with Crippen molar-refractivity contribution in [3.63, 3.8) is 0 Å². The van der Waals surface area contributed by atoms with Crippen LogP contribution in [0.3, 0.4) is 0 Å². The topological polar surface area (TPSA) is 17.1 Å². The van der Waals surface area contributed by atoms with Crippen LogP contribution >= 0.6 is 22.6 Å². The Morgan fingerprint density at radius 1 is 1.36 bits per heavy atom. The molecular formula is C12H15IO. The lowest BCUT2D eigenvalue weighted by atomic mass is 9.95. The number of benzene rings is 1. The first-order valence-electron chi connectivity index (χ1n) is 4.95. The minimum atomic E-state index is 0.153. The van der Waals surface area contributed by atoms with E-state index in [9.17, 15) is 4.79 Å². The molecule has 0 amide bonds. The van der Waals surface area contributed by atoms with E-state index >= 15 is 0 Å². The minimum Gasteiger partial charge on any atom is -0.294 e. The number of hydrogen-bond acceptors (Lipinski definition) is 1. The first kappa shape index (κ1) is 11.7. The Kier molecular flexibility index (Phi) is 4.58. The van der Waals surface area contributed by atoms with Crippen molar-refractivity contribution in [3.05, 3.63) is 33.4 Å². The van der Waals surface area contributed by atoms with Gasteiger partial charge in [0.25, 0.3) is 0 Å². The molecule has 14 heavy (non-hydrogen) atoms. The van der Waals surface area contributed by atoms with Crippen LogP contribution in [0.5, 0.6) is 0 Å². The van der Waals surface area contributed by atoms with E-state index in [-0.39, 0.29) is 11.7 Å². The molecule has 0 radical (unpaired) electrons. The molecule has 0 N–H and O–H groups in total. The van der Waals surface area contributed by atoms with Gasteiger partial charge in [-0.15, -0.1) is 0 Å². The molecule has 0 bridgehead atoms. The van der Waals surface area contributed by atoms with Crippen LogP contribution in [0.25, 0.3) is 0 Å². The lowest BCUT2D eigenvalue weighted by molar-refractivity contribution is 0.0923. The fourth-order valence-electron chi connectivity index (χ4n) is 1.46. The average molecular weight is 302 g/mol. The number of hydrogen-bond donors (Lipinski definition) is 0. The van der Waals surface area contributed by atoms with Crippen molar-refractivity contribution in [3.8, 4) is 0 Å². The third-order valence-electron chi connectivity index (χ3n) is 2.30. The highest BCUT2D eigenvalue weighted by atomic mass is 127. The summed E-state index contributed by atoms with van der Waals surface area (Å²) in [5, 5.41) is 0. The number of rotatable bonds is 4. The van der Waals surface area contributed by atoms with Crippen molar-refractivity contribution >= 4 is 28.4 Å². The van der Waals surface area contributed by atoms with Crippen molar-refractivity contribution in [1.29, 1.82) is 0 Å². The average Bonchev–Trinajstić information content (AvgIpc) is 2.18. The molecule has 0 heterocycles. The molecule has 1 aromatic rings. The van der Waals surface area contributed by atoms with E-state index in [1.54, 1.807) is 0 Å². The molecule has 0 aliphatic carbocycles. The lowest BCUT2D eigenvalue weighted by Crippen LogP contribution is -2.10. The lowest BCUT2D eigenvalue weighted by Gasteiger charge is -2.08. The van der Waals surface area contributed by atoms with Crippen molar-refractivity contribution < 1.29 is 4.79 Å². The molecule has 2 heteroatoms. The SMILES string of the molecule is CCCC(C)C(=O)c1ccc(I)cc1. The van der Waals surface area contributed by atoms with Crippen LogP contribution in [-0.2, 0) is 0 Å². The van der Waals surface area contributed by atoms with Gasteiger partial charge in [0.1, 0.15) is 0 Å². The van der Waals surface area contributed by atoms with Gasteiger partial charge in [-0.2, -0.15) is 0 Å². The van der Waals surface area contributed by atoms with Gasteiger partial charge in [0.2, 0.25) is 0 Å². The highest BCUT2D eigenvalue weighted by molar-refractivity contribution is 14.1. The van der Waals surface area contributed by atoms with Gasteiger partial charge in [-0.25, -0.2) is 0 Å². The van der Waals surface area contributed by atoms with E-state index in [2.05, 4.69) is 29.5 Å². The summed E-state index contributed by atoms with van der Waals surface area (Å²) in [6.45, 7) is 4.11. The highest BCUT2D eigenvalue weighted by Crippen LogP contribution is 2.15. The molecular weight excluding hydrogens is 287 g/mol. The summed E-state index contributed by atoms with van der Waals surface area (Å²) in [5.74, 6) is 0.420. The normalized spacial score (nSPS) is 12.5. The zero-order valence-corrected chi connectivity index (χ0v) is 10.7. The fraction of sp³-hybridized carbons (Fsp3) is 0.417. The molecule has 1 atom stereocenters. The molecule has 1 aromatic carbocycles. The maximum absolute atomic E-state index is 11.8. The predicted octanol–water partition coefficient (Wildman–Crippen LogP) is 3.91. The third kappa shape index (κ3) is 3.08. The zero-order valence-electron chi connectivity index (χ0n) is 8.59. The third-order valence-corrected chi connectivity index (χ3v) is 3.02. The second kappa shape index (κ2) is 5.49. The first-order valence-corrected chi connectivity index (χ1v) is 6.02. The van der Waals surface area contributed by atoms with Gasteiger partial charge in [0, 0.05) is 15.1 Å². The molecule has 0 aliphatic heterocycles. The van der Waals surface area contributed by atoms with Crippen LogP contribution in [0, 0.1) is 9.49 Å². The van der Waals surface area contributed by atoms with Crippen molar-refractivity contribution in [1.82, 2.24) is 0 Å². The van der Waals surface area contributed by atoms with E-state index in [0.717, 1.165) is 18.4 Å².